The third-order valence-electron chi connectivity index (χ3n) is 2.03. The fraction of sp³-hybridized carbons (Fsp3) is 0.300. The standard InChI is InChI=1S/C10H10F4N2O/c1-5-2-3-7(6(15)4-5)16-9(17)10(13,14)8(11)12/h2-4,8H,15H2,1H3,(H,16,17). The van der Waals surface area contributed by atoms with E-state index < -0.39 is 18.3 Å². The third-order valence-corrected chi connectivity index (χ3v) is 2.03. The highest BCUT2D eigenvalue weighted by Crippen LogP contribution is 2.26. The van der Waals surface area contributed by atoms with Gasteiger partial charge in [0.2, 0.25) is 0 Å². The first-order valence-electron chi connectivity index (χ1n) is 4.58. The Balaban J connectivity index is 2.89. The first kappa shape index (κ1) is 13.3. The van der Waals surface area contributed by atoms with E-state index in [0.717, 1.165) is 5.56 Å². The number of nitrogen functional groups attached to an aromatic ring is 1. The second kappa shape index (κ2) is 4.60. The van der Waals surface area contributed by atoms with Gasteiger partial charge in [0.15, 0.2) is 0 Å². The molecule has 0 aliphatic carbocycles. The number of carbonyl (C=O) groups excluding carboxylic acids is 1. The summed E-state index contributed by atoms with van der Waals surface area (Å²) in [5.41, 5.74) is 6.10. The Hall–Kier alpha value is -1.79. The van der Waals surface area contributed by atoms with E-state index in [0.29, 0.717) is 0 Å². The highest BCUT2D eigenvalue weighted by Gasteiger charge is 2.49. The first-order valence-corrected chi connectivity index (χ1v) is 4.58. The van der Waals surface area contributed by atoms with Gasteiger partial charge in [0, 0.05) is 0 Å². The van der Waals surface area contributed by atoms with E-state index in [1.807, 2.05) is 0 Å². The minimum absolute atomic E-state index is 0.0309. The lowest BCUT2D eigenvalue weighted by atomic mass is 10.2. The van der Waals surface area contributed by atoms with Gasteiger partial charge in [0.1, 0.15) is 0 Å². The van der Waals surface area contributed by atoms with Crippen LogP contribution in [0.1, 0.15) is 5.56 Å². The molecule has 0 fully saturated rings. The summed E-state index contributed by atoms with van der Waals surface area (Å²) < 4.78 is 49.0. The molecule has 0 aromatic heterocycles. The molecule has 17 heavy (non-hydrogen) atoms. The summed E-state index contributed by atoms with van der Waals surface area (Å²) in [5.74, 6) is -6.82. The van der Waals surface area contributed by atoms with E-state index in [2.05, 4.69) is 0 Å². The highest BCUT2D eigenvalue weighted by atomic mass is 19.3. The summed E-state index contributed by atoms with van der Waals surface area (Å²) in [4.78, 5) is 10.9. The number of nitrogens with one attached hydrogen (secondary N) is 1. The van der Waals surface area contributed by atoms with Crippen LogP contribution >= 0.6 is 0 Å². The van der Waals surface area contributed by atoms with Crippen molar-refractivity contribution in [3.05, 3.63) is 23.8 Å². The summed E-state index contributed by atoms with van der Waals surface area (Å²) in [5, 5.41) is 1.67. The number of hydrogen-bond acceptors (Lipinski definition) is 2. The number of benzene rings is 1. The summed E-state index contributed by atoms with van der Waals surface area (Å²) in [7, 11) is 0. The van der Waals surface area contributed by atoms with E-state index in [4.69, 9.17) is 5.73 Å². The van der Waals surface area contributed by atoms with Crippen molar-refractivity contribution in [2.45, 2.75) is 19.3 Å². The lowest BCUT2D eigenvalue weighted by Crippen LogP contribution is -2.41. The molecule has 0 aliphatic rings. The third kappa shape index (κ3) is 2.86. The van der Waals surface area contributed by atoms with Crippen LogP contribution in [0.15, 0.2) is 18.2 Å². The zero-order valence-electron chi connectivity index (χ0n) is 8.81. The Morgan fingerprint density at radius 3 is 2.47 bits per heavy atom. The van der Waals surface area contributed by atoms with Gasteiger partial charge in [0.25, 0.3) is 0 Å². The van der Waals surface area contributed by atoms with E-state index >= 15 is 0 Å². The van der Waals surface area contributed by atoms with Crippen LogP contribution in [0.5, 0.6) is 0 Å². The van der Waals surface area contributed by atoms with Gasteiger partial charge in [-0.2, -0.15) is 8.78 Å². The van der Waals surface area contributed by atoms with Gasteiger partial charge in [0.05, 0.1) is 11.4 Å². The molecule has 7 heteroatoms. The molecule has 0 aliphatic heterocycles. The van der Waals surface area contributed by atoms with Crippen LogP contribution in [0.2, 0.25) is 0 Å². The Bertz CT molecular complexity index is 434. The number of anilines is 2. The van der Waals surface area contributed by atoms with Gasteiger partial charge in [-0.15, -0.1) is 0 Å². The maximum atomic E-state index is 12.6. The van der Waals surface area contributed by atoms with Crippen LogP contribution in [0.3, 0.4) is 0 Å². The second-order valence-corrected chi connectivity index (χ2v) is 3.47. The minimum Gasteiger partial charge on any atom is -0.397 e. The Morgan fingerprint density at radius 2 is 2.00 bits per heavy atom. The first-order chi connectivity index (χ1) is 7.75. The molecule has 1 rings (SSSR count). The van der Waals surface area contributed by atoms with Gasteiger partial charge < -0.3 is 11.1 Å². The topological polar surface area (TPSA) is 55.1 Å². The van der Waals surface area contributed by atoms with E-state index in [-0.39, 0.29) is 11.4 Å². The normalized spacial score (nSPS) is 11.6. The number of aryl methyl sites for hydroxylation is 1. The van der Waals surface area contributed by atoms with Crippen LogP contribution in [0, 0.1) is 6.92 Å². The average Bonchev–Trinajstić information content (AvgIpc) is 2.21. The molecule has 0 spiro atoms. The van der Waals surface area contributed by atoms with Gasteiger partial charge in [-0.25, -0.2) is 8.78 Å². The van der Waals surface area contributed by atoms with Crippen molar-refractivity contribution >= 4 is 17.3 Å². The lowest BCUT2D eigenvalue weighted by Gasteiger charge is -2.15. The van der Waals surface area contributed by atoms with Gasteiger partial charge in [-0.05, 0) is 24.6 Å². The van der Waals surface area contributed by atoms with E-state index in [1.54, 1.807) is 12.2 Å². The zero-order valence-corrected chi connectivity index (χ0v) is 8.81. The van der Waals surface area contributed by atoms with Crippen LogP contribution in [-0.4, -0.2) is 18.3 Å². The van der Waals surface area contributed by atoms with Gasteiger partial charge >= 0.3 is 18.3 Å². The number of nitrogens with two attached hydrogens (primary N) is 1. The van der Waals surface area contributed by atoms with E-state index in [9.17, 15) is 22.4 Å². The van der Waals surface area contributed by atoms with Crippen molar-refractivity contribution in [2.24, 2.45) is 0 Å². The number of halogens is 4. The molecule has 0 unspecified atom stereocenters. The van der Waals surface area contributed by atoms with Gasteiger partial charge in [-0.1, -0.05) is 6.07 Å². The highest BCUT2D eigenvalue weighted by molar-refractivity contribution is 5.98. The maximum Gasteiger partial charge on any atom is 0.383 e. The molecular weight excluding hydrogens is 240 g/mol. The molecule has 3 N–H and O–H groups in total. The molecule has 1 aromatic rings. The Morgan fingerprint density at radius 1 is 1.41 bits per heavy atom. The van der Waals surface area contributed by atoms with Crippen LogP contribution < -0.4 is 11.1 Å². The Kier molecular flexibility index (Phi) is 3.59. The van der Waals surface area contributed by atoms with E-state index in [1.165, 1.54) is 18.2 Å². The number of alkyl halides is 4. The maximum absolute atomic E-state index is 12.6. The Labute approximate surface area is 94.6 Å². The fourth-order valence-electron chi connectivity index (χ4n) is 1.10. The van der Waals surface area contributed by atoms with Crippen molar-refractivity contribution in [1.29, 1.82) is 0 Å². The zero-order chi connectivity index (χ0) is 13.2. The number of rotatable bonds is 3. The monoisotopic (exact) mass is 250 g/mol. The quantitative estimate of drug-likeness (QED) is 0.639. The van der Waals surface area contributed by atoms with Crippen molar-refractivity contribution in [3.63, 3.8) is 0 Å². The van der Waals surface area contributed by atoms with Crippen LogP contribution in [0.25, 0.3) is 0 Å². The molecule has 0 heterocycles. The van der Waals surface area contributed by atoms with Crippen molar-refractivity contribution in [3.8, 4) is 0 Å². The largest absolute Gasteiger partial charge is 0.397 e. The molecule has 1 aromatic carbocycles. The predicted molar refractivity (Wildman–Crippen MR) is 55.2 cm³/mol. The summed E-state index contributed by atoms with van der Waals surface area (Å²) >= 11 is 0. The molecule has 0 bridgehead atoms. The molecule has 0 atom stereocenters. The van der Waals surface area contributed by atoms with Crippen molar-refractivity contribution in [2.75, 3.05) is 11.1 Å². The minimum atomic E-state index is -4.74. The summed E-state index contributed by atoms with van der Waals surface area (Å²) in [6.45, 7) is 1.70. The molecular formula is C10H10F4N2O. The fourth-order valence-corrected chi connectivity index (χ4v) is 1.10. The summed E-state index contributed by atoms with van der Waals surface area (Å²) in [6.07, 6.45) is -4.06. The average molecular weight is 250 g/mol. The van der Waals surface area contributed by atoms with Crippen LogP contribution in [-0.2, 0) is 4.79 Å². The number of amides is 1. The van der Waals surface area contributed by atoms with Crippen molar-refractivity contribution < 1.29 is 22.4 Å². The smallest absolute Gasteiger partial charge is 0.383 e. The molecule has 94 valence electrons. The molecule has 3 nitrogen and oxygen atoms in total. The van der Waals surface area contributed by atoms with Gasteiger partial charge in [-0.3, -0.25) is 4.79 Å². The summed E-state index contributed by atoms with van der Waals surface area (Å²) in [6, 6.07) is 4.20. The molecule has 1 amide bonds. The molecule has 0 saturated heterocycles. The SMILES string of the molecule is Cc1ccc(NC(=O)C(F)(F)C(F)F)c(N)c1. The second-order valence-electron chi connectivity index (χ2n) is 3.47. The molecule has 0 saturated carbocycles. The number of carbonyl (C=O) groups is 1. The predicted octanol–water partition coefficient (Wildman–Crippen LogP) is 2.42. The lowest BCUT2D eigenvalue weighted by molar-refractivity contribution is -0.163. The van der Waals surface area contributed by atoms with Crippen molar-refractivity contribution in [1.82, 2.24) is 0 Å². The van der Waals surface area contributed by atoms with Crippen LogP contribution in [0.4, 0.5) is 28.9 Å². The molecule has 0 radical (unpaired) electrons. The number of hydrogen-bond donors (Lipinski definition) is 2.